The van der Waals surface area contributed by atoms with Gasteiger partial charge in [0.25, 0.3) is 5.91 Å². The Kier molecular flexibility index (Phi) is 3.01. The molecule has 0 saturated carbocycles. The van der Waals surface area contributed by atoms with Gasteiger partial charge >= 0.3 is 0 Å². The molecule has 0 aromatic carbocycles. The molecule has 0 aromatic heterocycles. The van der Waals surface area contributed by atoms with E-state index < -0.39 is 6.04 Å². The van der Waals surface area contributed by atoms with Gasteiger partial charge in [-0.2, -0.15) is 0 Å². The second kappa shape index (κ2) is 4.03. The van der Waals surface area contributed by atoms with Crippen molar-refractivity contribution in [2.45, 2.75) is 6.04 Å². The summed E-state index contributed by atoms with van der Waals surface area (Å²) in [6.07, 6.45) is 0. The lowest BCUT2D eigenvalue weighted by Gasteiger charge is -2.22. The Balaban J connectivity index is 2.33. The molecule has 1 aliphatic heterocycles. The minimum absolute atomic E-state index is 0.100. The first-order chi connectivity index (χ1) is 5.74. The Morgan fingerprint density at radius 3 is 3.00 bits per heavy atom. The maximum atomic E-state index is 11.1. The predicted molar refractivity (Wildman–Crippen MR) is 40.0 cm³/mol. The van der Waals surface area contributed by atoms with Crippen LogP contribution in [0.1, 0.15) is 0 Å². The van der Waals surface area contributed by atoms with E-state index in [0.29, 0.717) is 6.54 Å². The van der Waals surface area contributed by atoms with Crippen molar-refractivity contribution in [2.24, 2.45) is 0 Å². The minimum Gasteiger partial charge on any atom is -0.353 e. The molecular formula is C6H11N3O3. The molecule has 1 heterocycles. The van der Waals surface area contributed by atoms with Gasteiger partial charge in [0.1, 0.15) is 6.04 Å². The molecular weight excluding hydrogens is 162 g/mol. The average molecular weight is 173 g/mol. The lowest BCUT2D eigenvalue weighted by molar-refractivity contribution is -0.134. The van der Waals surface area contributed by atoms with Crippen molar-refractivity contribution >= 4 is 11.8 Å². The van der Waals surface area contributed by atoms with E-state index in [0.717, 1.165) is 0 Å². The Morgan fingerprint density at radius 2 is 2.50 bits per heavy atom. The zero-order valence-electron chi connectivity index (χ0n) is 6.72. The van der Waals surface area contributed by atoms with Gasteiger partial charge in [-0.05, 0) is 0 Å². The molecule has 0 aromatic rings. The number of piperazine rings is 1. The molecule has 0 bridgehead atoms. The maximum absolute atomic E-state index is 11.1. The Morgan fingerprint density at radius 1 is 1.75 bits per heavy atom. The summed E-state index contributed by atoms with van der Waals surface area (Å²) in [5.41, 5.74) is 2.18. The number of carbonyl (C=O) groups excluding carboxylic acids is 2. The van der Waals surface area contributed by atoms with Gasteiger partial charge in [-0.3, -0.25) is 19.7 Å². The SMILES string of the molecule is CONC(=O)C1CNC(=O)CN1. The summed E-state index contributed by atoms with van der Waals surface area (Å²) < 4.78 is 0. The molecule has 3 N–H and O–H groups in total. The Labute approximate surface area is 69.6 Å². The first-order valence-electron chi connectivity index (χ1n) is 3.57. The number of nitrogens with one attached hydrogen (secondary N) is 3. The third kappa shape index (κ3) is 2.18. The van der Waals surface area contributed by atoms with Gasteiger partial charge in [-0.25, -0.2) is 5.48 Å². The molecule has 0 aliphatic carbocycles. The van der Waals surface area contributed by atoms with Gasteiger partial charge in [0.15, 0.2) is 0 Å². The number of amides is 2. The highest BCUT2D eigenvalue weighted by Crippen LogP contribution is 1.87. The van der Waals surface area contributed by atoms with Crippen molar-refractivity contribution in [1.82, 2.24) is 16.1 Å². The van der Waals surface area contributed by atoms with Crippen LogP contribution in [0.4, 0.5) is 0 Å². The van der Waals surface area contributed by atoms with Crippen LogP contribution >= 0.6 is 0 Å². The van der Waals surface area contributed by atoms with E-state index >= 15 is 0 Å². The molecule has 0 spiro atoms. The Bertz CT molecular complexity index is 184. The number of rotatable bonds is 2. The molecule has 0 radical (unpaired) electrons. The van der Waals surface area contributed by atoms with Crippen molar-refractivity contribution in [2.75, 3.05) is 20.2 Å². The predicted octanol–water partition coefficient (Wildman–Crippen LogP) is -2.25. The highest BCUT2D eigenvalue weighted by molar-refractivity contribution is 5.86. The first kappa shape index (κ1) is 8.95. The van der Waals surface area contributed by atoms with Crippen LogP contribution in [0.25, 0.3) is 0 Å². The molecule has 1 fully saturated rings. The summed E-state index contributed by atoms with van der Waals surface area (Å²) >= 11 is 0. The fourth-order valence-electron chi connectivity index (χ4n) is 0.924. The molecule has 12 heavy (non-hydrogen) atoms. The topological polar surface area (TPSA) is 79.5 Å². The molecule has 1 aliphatic rings. The van der Waals surface area contributed by atoms with Crippen molar-refractivity contribution in [3.05, 3.63) is 0 Å². The highest BCUT2D eigenvalue weighted by atomic mass is 16.6. The van der Waals surface area contributed by atoms with Gasteiger partial charge < -0.3 is 5.32 Å². The third-order valence-corrected chi connectivity index (χ3v) is 1.53. The van der Waals surface area contributed by atoms with E-state index in [-0.39, 0.29) is 18.4 Å². The third-order valence-electron chi connectivity index (χ3n) is 1.53. The zero-order chi connectivity index (χ0) is 8.97. The molecule has 1 saturated heterocycles. The second-order valence-corrected chi connectivity index (χ2v) is 2.41. The molecule has 1 rings (SSSR count). The molecule has 6 heteroatoms. The lowest BCUT2D eigenvalue weighted by Crippen LogP contribution is -2.57. The average Bonchev–Trinajstić information content (AvgIpc) is 2.06. The van der Waals surface area contributed by atoms with Crippen LogP contribution in [-0.4, -0.2) is 38.1 Å². The number of carbonyl (C=O) groups is 2. The zero-order valence-corrected chi connectivity index (χ0v) is 6.72. The van der Waals surface area contributed by atoms with E-state index in [4.69, 9.17) is 0 Å². The van der Waals surface area contributed by atoms with Crippen LogP contribution in [0.15, 0.2) is 0 Å². The lowest BCUT2D eigenvalue weighted by atomic mass is 10.2. The fourth-order valence-corrected chi connectivity index (χ4v) is 0.924. The molecule has 1 atom stereocenters. The standard InChI is InChI=1S/C6H11N3O3/c1-12-9-6(11)4-2-8-5(10)3-7-4/h4,7H,2-3H2,1H3,(H,8,10)(H,9,11). The summed E-state index contributed by atoms with van der Waals surface area (Å²) in [6, 6.07) is -0.400. The van der Waals surface area contributed by atoms with Crippen LogP contribution < -0.4 is 16.1 Å². The van der Waals surface area contributed by atoms with Crippen LogP contribution in [0, 0.1) is 0 Å². The van der Waals surface area contributed by atoms with E-state index in [1.54, 1.807) is 0 Å². The maximum Gasteiger partial charge on any atom is 0.262 e. The molecule has 1 unspecified atom stereocenters. The van der Waals surface area contributed by atoms with Crippen molar-refractivity contribution in [3.8, 4) is 0 Å². The van der Waals surface area contributed by atoms with Gasteiger partial charge in [-0.1, -0.05) is 0 Å². The Hall–Kier alpha value is -1.14. The van der Waals surface area contributed by atoms with Crippen LogP contribution in [0.5, 0.6) is 0 Å². The highest BCUT2D eigenvalue weighted by Gasteiger charge is 2.23. The number of hydroxylamine groups is 1. The number of hydrogen-bond acceptors (Lipinski definition) is 4. The monoisotopic (exact) mass is 173 g/mol. The second-order valence-electron chi connectivity index (χ2n) is 2.41. The van der Waals surface area contributed by atoms with E-state index in [1.165, 1.54) is 7.11 Å². The normalized spacial score (nSPS) is 23.1. The largest absolute Gasteiger partial charge is 0.353 e. The summed E-state index contributed by atoms with van der Waals surface area (Å²) in [5, 5.41) is 5.30. The minimum atomic E-state index is -0.400. The summed E-state index contributed by atoms with van der Waals surface area (Å²) in [6.45, 7) is 0.468. The van der Waals surface area contributed by atoms with Crippen molar-refractivity contribution in [3.63, 3.8) is 0 Å². The van der Waals surface area contributed by atoms with E-state index in [2.05, 4.69) is 21.0 Å². The van der Waals surface area contributed by atoms with E-state index in [9.17, 15) is 9.59 Å². The quantitative estimate of drug-likeness (QED) is 0.412. The summed E-state index contributed by atoms with van der Waals surface area (Å²) in [4.78, 5) is 26.1. The fraction of sp³-hybridized carbons (Fsp3) is 0.667. The van der Waals surface area contributed by atoms with Gasteiger partial charge in [0.2, 0.25) is 5.91 Å². The van der Waals surface area contributed by atoms with Crippen molar-refractivity contribution < 1.29 is 14.4 Å². The van der Waals surface area contributed by atoms with Crippen LogP contribution in [-0.2, 0) is 14.4 Å². The van der Waals surface area contributed by atoms with Gasteiger partial charge in [0.05, 0.1) is 13.7 Å². The molecule has 68 valence electrons. The van der Waals surface area contributed by atoms with Crippen molar-refractivity contribution in [1.29, 1.82) is 0 Å². The number of hydrogen-bond donors (Lipinski definition) is 3. The summed E-state index contributed by atoms with van der Waals surface area (Å²) in [5.74, 6) is -0.381. The first-order valence-corrected chi connectivity index (χ1v) is 3.57. The van der Waals surface area contributed by atoms with E-state index in [1.807, 2.05) is 0 Å². The van der Waals surface area contributed by atoms with Crippen LogP contribution in [0.3, 0.4) is 0 Å². The smallest absolute Gasteiger partial charge is 0.262 e. The van der Waals surface area contributed by atoms with Gasteiger partial charge in [-0.15, -0.1) is 0 Å². The molecule has 2 amide bonds. The summed E-state index contributed by atoms with van der Waals surface area (Å²) in [7, 11) is 1.36. The van der Waals surface area contributed by atoms with Crippen LogP contribution in [0.2, 0.25) is 0 Å². The van der Waals surface area contributed by atoms with Gasteiger partial charge in [0, 0.05) is 6.54 Å². The molecule has 6 nitrogen and oxygen atoms in total.